The van der Waals surface area contributed by atoms with Crippen LogP contribution in [0.5, 0.6) is 11.5 Å². The average molecular weight is 382 g/mol. The van der Waals surface area contributed by atoms with Crippen molar-refractivity contribution >= 4 is 11.7 Å². The number of ether oxygens (including phenoxy) is 3. The van der Waals surface area contributed by atoms with Gasteiger partial charge in [-0.1, -0.05) is 24.3 Å². The molecule has 2 aliphatic heterocycles. The van der Waals surface area contributed by atoms with Crippen LogP contribution in [0, 0.1) is 0 Å². The quantitative estimate of drug-likeness (QED) is 0.742. The highest BCUT2D eigenvalue weighted by molar-refractivity contribution is 5.95. The van der Waals surface area contributed by atoms with Gasteiger partial charge in [-0.2, -0.15) is 0 Å². The van der Waals surface area contributed by atoms with Crippen LogP contribution in [0.3, 0.4) is 0 Å². The molecule has 1 atom stereocenters. The van der Waals surface area contributed by atoms with E-state index < -0.39 is 0 Å². The summed E-state index contributed by atoms with van der Waals surface area (Å²) in [6, 6.07) is 15.5. The number of anilines is 1. The minimum atomic E-state index is -0.257. The van der Waals surface area contributed by atoms with E-state index >= 15 is 0 Å². The number of carbonyl (C=O) groups excluding carboxylic acids is 1. The fourth-order valence-corrected chi connectivity index (χ4v) is 3.74. The Bertz CT molecular complexity index is 818. The van der Waals surface area contributed by atoms with Crippen LogP contribution in [0.25, 0.3) is 0 Å². The van der Waals surface area contributed by atoms with Gasteiger partial charge in [0, 0.05) is 32.7 Å². The van der Waals surface area contributed by atoms with Crippen LogP contribution in [-0.2, 0) is 4.74 Å². The molecule has 0 unspecified atom stereocenters. The molecule has 6 heteroatoms. The molecule has 148 valence electrons. The number of rotatable bonds is 5. The van der Waals surface area contributed by atoms with Crippen LogP contribution in [0.15, 0.2) is 48.5 Å². The van der Waals surface area contributed by atoms with E-state index in [2.05, 4.69) is 9.80 Å². The van der Waals surface area contributed by atoms with Gasteiger partial charge in [-0.05, 0) is 31.2 Å². The smallest absolute Gasteiger partial charge is 0.340 e. The summed E-state index contributed by atoms with van der Waals surface area (Å²) < 4.78 is 17.1. The number of benzene rings is 2. The molecular weight excluding hydrogens is 356 g/mol. The number of para-hydroxylation sites is 3. The lowest BCUT2D eigenvalue weighted by Gasteiger charge is -2.38. The van der Waals surface area contributed by atoms with Gasteiger partial charge in [-0.3, -0.25) is 4.90 Å². The average Bonchev–Trinajstić information content (AvgIpc) is 2.74. The molecule has 28 heavy (non-hydrogen) atoms. The van der Waals surface area contributed by atoms with Crippen molar-refractivity contribution in [2.75, 3.05) is 50.8 Å². The fraction of sp³-hybridized carbons (Fsp3) is 0.409. The molecule has 2 heterocycles. The molecule has 0 bridgehead atoms. The number of piperazine rings is 1. The Morgan fingerprint density at radius 3 is 2.54 bits per heavy atom. The van der Waals surface area contributed by atoms with Crippen molar-refractivity contribution in [1.82, 2.24) is 4.90 Å². The van der Waals surface area contributed by atoms with Gasteiger partial charge in [-0.25, -0.2) is 4.79 Å². The highest BCUT2D eigenvalue weighted by Crippen LogP contribution is 2.31. The molecule has 6 nitrogen and oxygen atoms in total. The first kappa shape index (κ1) is 18.6. The highest BCUT2D eigenvalue weighted by Gasteiger charge is 2.26. The summed E-state index contributed by atoms with van der Waals surface area (Å²) in [6.45, 7) is 7.17. The maximum absolute atomic E-state index is 12.2. The molecule has 1 saturated heterocycles. The van der Waals surface area contributed by atoms with Crippen molar-refractivity contribution < 1.29 is 19.0 Å². The molecule has 4 rings (SSSR count). The number of carbonyl (C=O) groups is 1. The number of nitrogens with zero attached hydrogens (tertiary/aromatic N) is 2. The van der Waals surface area contributed by atoms with Crippen molar-refractivity contribution in [3.63, 3.8) is 0 Å². The van der Waals surface area contributed by atoms with Crippen molar-refractivity contribution in [2.45, 2.75) is 13.0 Å². The molecule has 0 radical (unpaired) electrons. The SMILES string of the molecule is CCOC(=O)c1ccccc1N1CCN(C[C@H]2COc3ccccc3O2)CC1. The molecule has 0 N–H and O–H groups in total. The zero-order valence-corrected chi connectivity index (χ0v) is 16.2. The Kier molecular flexibility index (Phi) is 5.67. The van der Waals surface area contributed by atoms with Gasteiger partial charge in [0.05, 0.1) is 17.9 Å². The lowest BCUT2D eigenvalue weighted by atomic mass is 10.1. The van der Waals surface area contributed by atoms with Gasteiger partial charge < -0.3 is 19.1 Å². The molecule has 2 aliphatic rings. The minimum Gasteiger partial charge on any atom is -0.486 e. The zero-order valence-electron chi connectivity index (χ0n) is 16.2. The Morgan fingerprint density at radius 1 is 1.04 bits per heavy atom. The monoisotopic (exact) mass is 382 g/mol. The lowest BCUT2D eigenvalue weighted by molar-refractivity contribution is 0.0525. The molecule has 0 spiro atoms. The van der Waals surface area contributed by atoms with E-state index in [0.717, 1.165) is 49.9 Å². The van der Waals surface area contributed by atoms with Gasteiger partial charge in [0.2, 0.25) is 0 Å². The first-order chi connectivity index (χ1) is 13.7. The summed E-state index contributed by atoms with van der Waals surface area (Å²) in [5.41, 5.74) is 1.59. The maximum Gasteiger partial charge on any atom is 0.340 e. The first-order valence-electron chi connectivity index (χ1n) is 9.86. The van der Waals surface area contributed by atoms with E-state index in [1.807, 2.05) is 55.5 Å². The van der Waals surface area contributed by atoms with Crippen molar-refractivity contribution in [1.29, 1.82) is 0 Å². The standard InChI is InChI=1S/C22H26N2O4/c1-2-26-22(25)18-7-3-4-8-19(18)24-13-11-23(12-14-24)15-17-16-27-20-9-5-6-10-21(20)28-17/h3-10,17H,2,11-16H2,1H3/t17-/m0/s1. The van der Waals surface area contributed by atoms with Crippen molar-refractivity contribution in [3.8, 4) is 11.5 Å². The second kappa shape index (κ2) is 8.52. The summed E-state index contributed by atoms with van der Waals surface area (Å²) in [5, 5.41) is 0. The van der Waals surface area contributed by atoms with Crippen LogP contribution in [-0.4, -0.2) is 62.9 Å². The van der Waals surface area contributed by atoms with Gasteiger partial charge >= 0.3 is 5.97 Å². The zero-order chi connectivity index (χ0) is 19.3. The second-order valence-corrected chi connectivity index (χ2v) is 7.02. The van der Waals surface area contributed by atoms with E-state index in [4.69, 9.17) is 14.2 Å². The van der Waals surface area contributed by atoms with Crippen molar-refractivity contribution in [3.05, 3.63) is 54.1 Å². The van der Waals surface area contributed by atoms with E-state index in [1.165, 1.54) is 0 Å². The largest absolute Gasteiger partial charge is 0.486 e. The summed E-state index contributed by atoms with van der Waals surface area (Å²) in [4.78, 5) is 16.9. The Morgan fingerprint density at radius 2 is 1.75 bits per heavy atom. The number of esters is 1. The molecular formula is C22H26N2O4. The first-order valence-corrected chi connectivity index (χ1v) is 9.86. The van der Waals surface area contributed by atoms with E-state index in [-0.39, 0.29) is 12.1 Å². The van der Waals surface area contributed by atoms with Gasteiger partial charge in [0.1, 0.15) is 12.7 Å². The molecule has 1 fully saturated rings. The summed E-state index contributed by atoms with van der Waals surface area (Å²) in [5.74, 6) is 1.38. The van der Waals surface area contributed by atoms with Crippen LogP contribution < -0.4 is 14.4 Å². The van der Waals surface area contributed by atoms with Crippen LogP contribution in [0.1, 0.15) is 17.3 Å². The number of hydrogen-bond donors (Lipinski definition) is 0. The normalized spacial score (nSPS) is 19.3. The third-order valence-electron chi connectivity index (χ3n) is 5.14. The number of fused-ring (bicyclic) bond motifs is 1. The lowest BCUT2D eigenvalue weighted by Crippen LogP contribution is -2.51. The Labute approximate surface area is 165 Å². The number of hydrogen-bond acceptors (Lipinski definition) is 6. The predicted octanol–water partition coefficient (Wildman–Crippen LogP) is 2.83. The minimum absolute atomic E-state index is 0.0354. The topological polar surface area (TPSA) is 51.2 Å². The fourth-order valence-electron chi connectivity index (χ4n) is 3.74. The third-order valence-corrected chi connectivity index (χ3v) is 5.14. The molecule has 2 aromatic rings. The van der Waals surface area contributed by atoms with Crippen LogP contribution in [0.2, 0.25) is 0 Å². The van der Waals surface area contributed by atoms with Crippen LogP contribution in [0.4, 0.5) is 5.69 Å². The second-order valence-electron chi connectivity index (χ2n) is 7.02. The van der Waals surface area contributed by atoms with Crippen molar-refractivity contribution in [2.24, 2.45) is 0 Å². The van der Waals surface area contributed by atoms with Gasteiger partial charge in [0.15, 0.2) is 11.5 Å². The van der Waals surface area contributed by atoms with E-state index in [1.54, 1.807) is 0 Å². The summed E-state index contributed by atoms with van der Waals surface area (Å²) in [7, 11) is 0. The van der Waals surface area contributed by atoms with Gasteiger partial charge in [-0.15, -0.1) is 0 Å². The van der Waals surface area contributed by atoms with E-state index in [9.17, 15) is 4.79 Å². The predicted molar refractivity (Wildman–Crippen MR) is 107 cm³/mol. The Hall–Kier alpha value is -2.73. The molecule has 2 aromatic carbocycles. The third kappa shape index (κ3) is 4.07. The summed E-state index contributed by atoms with van der Waals surface area (Å²) in [6.07, 6.45) is 0.0354. The van der Waals surface area contributed by atoms with E-state index in [0.29, 0.717) is 18.8 Å². The summed E-state index contributed by atoms with van der Waals surface area (Å²) >= 11 is 0. The molecule has 0 aliphatic carbocycles. The maximum atomic E-state index is 12.2. The highest BCUT2D eigenvalue weighted by atomic mass is 16.6. The van der Waals surface area contributed by atoms with Gasteiger partial charge in [0.25, 0.3) is 0 Å². The molecule has 0 amide bonds. The Balaban J connectivity index is 1.34. The molecule has 0 saturated carbocycles. The van der Waals surface area contributed by atoms with Crippen LogP contribution >= 0.6 is 0 Å². The molecule has 0 aromatic heterocycles.